The minimum absolute atomic E-state index is 0. The van der Waals surface area contributed by atoms with Gasteiger partial charge in [-0.2, -0.15) is 4.98 Å². The predicted octanol–water partition coefficient (Wildman–Crippen LogP) is 2.85. The molecular formula is C18H23ClN4O2. The standard InChI is InChI=1S/C18H22N4O2.ClH/c19-18(9-5-10-18)17-20-15(24-21-17)14-8-4-11-22(12-14)16(23)13-6-2-1-3-7-13;/h1-3,6-7,14H,4-5,8-12,19H2;1H. The zero-order valence-corrected chi connectivity index (χ0v) is 14.9. The lowest BCUT2D eigenvalue weighted by Crippen LogP contribution is -2.44. The van der Waals surface area contributed by atoms with Crippen molar-refractivity contribution in [2.75, 3.05) is 13.1 Å². The first-order chi connectivity index (χ1) is 11.7. The van der Waals surface area contributed by atoms with E-state index in [1.54, 1.807) is 0 Å². The highest BCUT2D eigenvalue weighted by molar-refractivity contribution is 5.94. The Hall–Kier alpha value is -1.92. The molecule has 25 heavy (non-hydrogen) atoms. The zero-order valence-electron chi connectivity index (χ0n) is 14.1. The second-order valence-corrected chi connectivity index (χ2v) is 6.92. The first kappa shape index (κ1) is 17.9. The molecule has 1 aromatic heterocycles. The highest BCUT2D eigenvalue weighted by atomic mass is 35.5. The fourth-order valence-electron chi connectivity index (χ4n) is 3.51. The van der Waals surface area contributed by atoms with Gasteiger partial charge < -0.3 is 15.2 Å². The van der Waals surface area contributed by atoms with Crippen LogP contribution in [0.2, 0.25) is 0 Å². The van der Waals surface area contributed by atoms with Gasteiger partial charge in [0.25, 0.3) is 5.91 Å². The lowest BCUT2D eigenvalue weighted by molar-refractivity contribution is 0.0695. The van der Waals surface area contributed by atoms with Gasteiger partial charge in [-0.1, -0.05) is 23.4 Å². The van der Waals surface area contributed by atoms with Gasteiger partial charge in [0.1, 0.15) is 0 Å². The molecule has 1 saturated heterocycles. The van der Waals surface area contributed by atoms with Crippen LogP contribution in [0.5, 0.6) is 0 Å². The van der Waals surface area contributed by atoms with Crippen LogP contribution in [0.3, 0.4) is 0 Å². The molecule has 0 bridgehead atoms. The summed E-state index contributed by atoms with van der Waals surface area (Å²) in [6.07, 6.45) is 4.83. The van der Waals surface area contributed by atoms with Crippen molar-refractivity contribution in [3.8, 4) is 0 Å². The van der Waals surface area contributed by atoms with Crippen LogP contribution in [-0.2, 0) is 5.54 Å². The highest BCUT2D eigenvalue weighted by Gasteiger charge is 2.40. The van der Waals surface area contributed by atoms with E-state index in [0.29, 0.717) is 18.3 Å². The maximum absolute atomic E-state index is 12.6. The van der Waals surface area contributed by atoms with Crippen molar-refractivity contribution in [2.24, 2.45) is 5.73 Å². The van der Waals surface area contributed by atoms with Gasteiger partial charge in [-0.15, -0.1) is 12.4 Å². The maximum atomic E-state index is 12.6. The Morgan fingerprint density at radius 2 is 2.00 bits per heavy atom. The number of nitrogens with zero attached hydrogens (tertiary/aromatic N) is 3. The number of nitrogens with two attached hydrogens (primary N) is 1. The van der Waals surface area contributed by atoms with Gasteiger partial charge in [-0.05, 0) is 44.2 Å². The summed E-state index contributed by atoms with van der Waals surface area (Å²) in [5.41, 5.74) is 6.58. The van der Waals surface area contributed by atoms with Gasteiger partial charge in [-0.3, -0.25) is 4.79 Å². The fraction of sp³-hybridized carbons (Fsp3) is 0.500. The zero-order chi connectivity index (χ0) is 16.6. The lowest BCUT2D eigenvalue weighted by Gasteiger charge is -2.34. The first-order valence-electron chi connectivity index (χ1n) is 8.63. The number of carbonyl (C=O) groups excluding carboxylic acids is 1. The molecule has 7 heteroatoms. The Bertz CT molecular complexity index is 730. The molecule has 2 fully saturated rings. The molecule has 1 unspecified atom stereocenters. The van der Waals surface area contributed by atoms with Crippen LogP contribution in [-0.4, -0.2) is 34.0 Å². The maximum Gasteiger partial charge on any atom is 0.253 e. The Balaban J connectivity index is 0.00000182. The number of likely N-dealkylation sites (tertiary alicyclic amines) is 1. The van der Waals surface area contributed by atoms with E-state index in [0.717, 1.165) is 44.2 Å². The highest BCUT2D eigenvalue weighted by Crippen LogP contribution is 2.38. The molecule has 2 N–H and O–H groups in total. The molecule has 1 atom stereocenters. The van der Waals surface area contributed by atoms with E-state index >= 15 is 0 Å². The molecular weight excluding hydrogens is 340 g/mol. The van der Waals surface area contributed by atoms with Crippen LogP contribution >= 0.6 is 12.4 Å². The SMILES string of the molecule is Cl.NC1(c2noc(C3CCCN(C(=O)c4ccccc4)C3)n2)CCC1. The van der Waals surface area contributed by atoms with E-state index in [-0.39, 0.29) is 24.2 Å². The third-order valence-electron chi connectivity index (χ3n) is 5.21. The van der Waals surface area contributed by atoms with Crippen LogP contribution in [0.4, 0.5) is 0 Å². The number of aromatic nitrogens is 2. The summed E-state index contributed by atoms with van der Waals surface area (Å²) in [7, 11) is 0. The summed E-state index contributed by atoms with van der Waals surface area (Å²) < 4.78 is 5.48. The van der Waals surface area contributed by atoms with E-state index in [1.165, 1.54) is 0 Å². The Kier molecular flexibility index (Phi) is 5.11. The number of rotatable bonds is 3. The Morgan fingerprint density at radius 1 is 1.24 bits per heavy atom. The van der Waals surface area contributed by atoms with Crippen LogP contribution in [0.15, 0.2) is 34.9 Å². The molecule has 1 aliphatic carbocycles. The largest absolute Gasteiger partial charge is 0.339 e. The van der Waals surface area contributed by atoms with Crippen molar-refractivity contribution in [1.82, 2.24) is 15.0 Å². The molecule has 1 amide bonds. The first-order valence-corrected chi connectivity index (χ1v) is 8.63. The monoisotopic (exact) mass is 362 g/mol. The average Bonchev–Trinajstić information content (AvgIpc) is 3.10. The number of halogens is 1. The Labute approximate surface area is 153 Å². The van der Waals surface area contributed by atoms with Crippen LogP contribution in [0.25, 0.3) is 0 Å². The minimum Gasteiger partial charge on any atom is -0.339 e. The van der Waals surface area contributed by atoms with Gasteiger partial charge in [0.05, 0.1) is 11.5 Å². The van der Waals surface area contributed by atoms with E-state index in [1.807, 2.05) is 35.2 Å². The molecule has 2 aromatic rings. The van der Waals surface area contributed by atoms with E-state index < -0.39 is 5.54 Å². The molecule has 1 saturated carbocycles. The number of carbonyl (C=O) groups is 1. The van der Waals surface area contributed by atoms with E-state index in [2.05, 4.69) is 10.1 Å². The number of hydrogen-bond donors (Lipinski definition) is 1. The van der Waals surface area contributed by atoms with Gasteiger partial charge >= 0.3 is 0 Å². The van der Waals surface area contributed by atoms with Gasteiger partial charge in [0.2, 0.25) is 5.89 Å². The van der Waals surface area contributed by atoms with Gasteiger partial charge in [0.15, 0.2) is 5.82 Å². The summed E-state index contributed by atoms with van der Waals surface area (Å²) in [5.74, 6) is 1.40. The molecule has 2 heterocycles. The van der Waals surface area contributed by atoms with E-state index in [9.17, 15) is 4.79 Å². The van der Waals surface area contributed by atoms with Crippen molar-refractivity contribution in [1.29, 1.82) is 0 Å². The fourth-order valence-corrected chi connectivity index (χ4v) is 3.51. The molecule has 134 valence electrons. The molecule has 1 aromatic carbocycles. The van der Waals surface area contributed by atoms with Crippen molar-refractivity contribution in [3.63, 3.8) is 0 Å². The average molecular weight is 363 g/mol. The number of piperidine rings is 1. The molecule has 4 rings (SSSR count). The summed E-state index contributed by atoms with van der Waals surface area (Å²) in [6, 6.07) is 9.40. The lowest BCUT2D eigenvalue weighted by atomic mass is 9.77. The Morgan fingerprint density at radius 3 is 2.68 bits per heavy atom. The van der Waals surface area contributed by atoms with Gasteiger partial charge in [-0.25, -0.2) is 0 Å². The topological polar surface area (TPSA) is 85.2 Å². The third kappa shape index (κ3) is 3.41. The van der Waals surface area contributed by atoms with Crippen molar-refractivity contribution in [3.05, 3.63) is 47.6 Å². The molecule has 0 spiro atoms. The van der Waals surface area contributed by atoms with Crippen LogP contribution in [0.1, 0.15) is 60.1 Å². The predicted molar refractivity (Wildman–Crippen MR) is 95.6 cm³/mol. The summed E-state index contributed by atoms with van der Waals surface area (Å²) in [4.78, 5) is 19.1. The summed E-state index contributed by atoms with van der Waals surface area (Å²) >= 11 is 0. The quantitative estimate of drug-likeness (QED) is 0.907. The molecule has 6 nitrogen and oxygen atoms in total. The van der Waals surface area contributed by atoms with Crippen molar-refractivity contribution in [2.45, 2.75) is 43.6 Å². The second kappa shape index (κ2) is 7.14. The summed E-state index contributed by atoms with van der Waals surface area (Å²) in [6.45, 7) is 1.39. The van der Waals surface area contributed by atoms with Crippen LogP contribution in [0, 0.1) is 0 Å². The van der Waals surface area contributed by atoms with Crippen molar-refractivity contribution < 1.29 is 9.32 Å². The summed E-state index contributed by atoms with van der Waals surface area (Å²) in [5, 5.41) is 4.10. The molecule has 0 radical (unpaired) electrons. The molecule has 2 aliphatic rings. The number of hydrogen-bond acceptors (Lipinski definition) is 5. The number of benzene rings is 1. The number of amides is 1. The van der Waals surface area contributed by atoms with E-state index in [4.69, 9.17) is 10.3 Å². The smallest absolute Gasteiger partial charge is 0.253 e. The third-order valence-corrected chi connectivity index (χ3v) is 5.21. The normalized spacial score (nSPS) is 22.0. The minimum atomic E-state index is -0.407. The van der Waals surface area contributed by atoms with Crippen LogP contribution < -0.4 is 5.73 Å². The second-order valence-electron chi connectivity index (χ2n) is 6.92. The van der Waals surface area contributed by atoms with Gasteiger partial charge in [0, 0.05) is 18.7 Å². The molecule has 1 aliphatic heterocycles. The van der Waals surface area contributed by atoms with Crippen molar-refractivity contribution >= 4 is 18.3 Å².